The molecule has 3 aromatic heterocycles. The fourth-order valence-electron chi connectivity index (χ4n) is 3.78. The number of nitrogens with zero attached hydrogens (tertiary/aromatic N) is 7. The number of aryl methyl sites for hydroxylation is 1. The molecule has 0 N–H and O–H groups in total. The Morgan fingerprint density at radius 1 is 1.44 bits per heavy atom. The molecule has 0 saturated carbocycles. The van der Waals surface area contributed by atoms with Gasteiger partial charge in [-0.25, -0.2) is 14.1 Å². The van der Waals surface area contributed by atoms with Crippen LogP contribution in [-0.4, -0.2) is 59.9 Å². The molecule has 1 saturated heterocycles. The number of hydrogen-bond acceptors (Lipinski definition) is 8. The zero-order valence-electron chi connectivity index (χ0n) is 17.3. The molecule has 0 spiro atoms. The van der Waals surface area contributed by atoms with Gasteiger partial charge in [-0.05, 0) is 31.9 Å². The van der Waals surface area contributed by atoms with Crippen molar-refractivity contribution in [1.29, 1.82) is 0 Å². The van der Waals surface area contributed by atoms with E-state index in [2.05, 4.69) is 20.2 Å². The molecule has 11 nitrogen and oxygen atoms in total. The number of alkyl halides is 1. The number of rotatable bonds is 7. The minimum absolute atomic E-state index is 0.0659. The highest BCUT2D eigenvalue weighted by Gasteiger charge is 2.42. The molecule has 172 valence electrons. The van der Waals surface area contributed by atoms with Gasteiger partial charge in [0.05, 0.1) is 29.6 Å². The third-order valence-electron chi connectivity index (χ3n) is 5.35. The Hall–Kier alpha value is -2.57. The topological polar surface area (TPSA) is 123 Å². The average molecular weight is 488 g/mol. The molecule has 0 amide bonds. The van der Waals surface area contributed by atoms with Crippen molar-refractivity contribution in [2.24, 2.45) is 0 Å². The molecule has 1 fully saturated rings. The van der Waals surface area contributed by atoms with E-state index < -0.39 is 16.6 Å². The molecular weight excluding hydrogens is 468 g/mol. The van der Waals surface area contributed by atoms with Gasteiger partial charge >= 0.3 is 11.6 Å². The summed E-state index contributed by atoms with van der Waals surface area (Å²) < 4.78 is 28.7. The van der Waals surface area contributed by atoms with Crippen molar-refractivity contribution in [1.82, 2.24) is 29.5 Å². The summed E-state index contributed by atoms with van der Waals surface area (Å²) in [6, 6.07) is -0.686. The van der Waals surface area contributed by atoms with E-state index in [1.54, 1.807) is 4.68 Å². The molecule has 4 rings (SSSR count). The van der Waals surface area contributed by atoms with Gasteiger partial charge in [0, 0.05) is 25.8 Å². The lowest BCUT2D eigenvalue weighted by Gasteiger charge is -2.35. The molecule has 0 aliphatic carbocycles. The Bertz CT molecular complexity index is 1170. The summed E-state index contributed by atoms with van der Waals surface area (Å²) in [7, 11) is 0. The number of nitro groups is 1. The maximum Gasteiger partial charge on any atom is 0.352 e. The van der Waals surface area contributed by atoms with E-state index >= 15 is 0 Å². The smallest absolute Gasteiger partial charge is 0.352 e. The average Bonchev–Trinajstić information content (AvgIpc) is 3.21. The summed E-state index contributed by atoms with van der Waals surface area (Å²) in [6.07, 6.45) is 2.26. The fraction of sp³-hybridized carbons (Fsp3) is 0.556. The molecule has 2 unspecified atom stereocenters. The fourth-order valence-corrected chi connectivity index (χ4v) is 4.13. The van der Waals surface area contributed by atoms with Crippen LogP contribution in [0.1, 0.15) is 31.5 Å². The van der Waals surface area contributed by atoms with Gasteiger partial charge in [0.25, 0.3) is 0 Å². The summed E-state index contributed by atoms with van der Waals surface area (Å²) in [5.74, 6) is -0.150. The zero-order valence-corrected chi connectivity index (χ0v) is 18.8. The highest BCUT2D eigenvalue weighted by Crippen LogP contribution is 2.39. The van der Waals surface area contributed by atoms with E-state index in [0.29, 0.717) is 37.0 Å². The van der Waals surface area contributed by atoms with E-state index in [4.69, 9.17) is 32.7 Å². The van der Waals surface area contributed by atoms with E-state index in [1.807, 2.05) is 0 Å². The molecule has 14 heteroatoms. The second-order valence-corrected chi connectivity index (χ2v) is 8.36. The first-order valence-electron chi connectivity index (χ1n) is 9.86. The summed E-state index contributed by atoms with van der Waals surface area (Å²) in [6.45, 7) is 3.66. The van der Waals surface area contributed by atoms with Gasteiger partial charge in [-0.2, -0.15) is 10.1 Å². The lowest BCUT2D eigenvalue weighted by atomic mass is 9.94. The van der Waals surface area contributed by atoms with Gasteiger partial charge in [-0.1, -0.05) is 11.6 Å². The van der Waals surface area contributed by atoms with Crippen LogP contribution in [0.5, 0.6) is 5.88 Å². The third kappa shape index (κ3) is 4.21. The quantitative estimate of drug-likeness (QED) is 0.214. The largest absolute Gasteiger partial charge is 0.472 e. The molecular formula is C18H20Cl2FN7O4. The first-order valence-corrected chi connectivity index (χ1v) is 10.6. The first-order chi connectivity index (χ1) is 15.2. The molecule has 3 aromatic rings. The SMILES string of the molecule is Cc1c([N+](=O)[O-])c(OCCCn2nc(Cl)c3cnc(Cl)nc32)nn1C1CCOCC1(C)F. The van der Waals surface area contributed by atoms with Crippen LogP contribution in [0.2, 0.25) is 10.4 Å². The van der Waals surface area contributed by atoms with Gasteiger partial charge in [0.2, 0.25) is 5.28 Å². The maximum atomic E-state index is 15.0. The third-order valence-corrected chi connectivity index (χ3v) is 5.81. The molecule has 1 aliphatic rings. The Morgan fingerprint density at radius 3 is 2.94 bits per heavy atom. The highest BCUT2D eigenvalue weighted by atomic mass is 35.5. The van der Waals surface area contributed by atoms with E-state index in [0.717, 1.165) is 0 Å². The molecule has 32 heavy (non-hydrogen) atoms. The summed E-state index contributed by atoms with van der Waals surface area (Å²) in [5, 5.41) is 20.9. The van der Waals surface area contributed by atoms with Crippen LogP contribution in [0.25, 0.3) is 11.0 Å². The Balaban J connectivity index is 1.49. The number of hydrogen-bond donors (Lipinski definition) is 0. The summed E-state index contributed by atoms with van der Waals surface area (Å²) >= 11 is 11.9. The van der Waals surface area contributed by atoms with Crippen LogP contribution in [0.4, 0.5) is 10.1 Å². The van der Waals surface area contributed by atoms with E-state index in [9.17, 15) is 14.5 Å². The van der Waals surface area contributed by atoms with Gasteiger partial charge < -0.3 is 9.47 Å². The molecule has 2 atom stereocenters. The number of aromatic nitrogens is 6. The highest BCUT2D eigenvalue weighted by molar-refractivity contribution is 6.34. The Morgan fingerprint density at radius 2 is 2.22 bits per heavy atom. The van der Waals surface area contributed by atoms with Gasteiger partial charge in [-0.15, -0.1) is 5.10 Å². The van der Waals surface area contributed by atoms with Crippen molar-refractivity contribution in [2.45, 2.75) is 44.9 Å². The predicted molar refractivity (Wildman–Crippen MR) is 113 cm³/mol. The first kappa shape index (κ1) is 22.6. The van der Waals surface area contributed by atoms with Crippen molar-refractivity contribution in [3.63, 3.8) is 0 Å². The minimum atomic E-state index is -1.70. The van der Waals surface area contributed by atoms with E-state index in [1.165, 1.54) is 24.7 Å². The van der Waals surface area contributed by atoms with Crippen molar-refractivity contribution >= 4 is 39.9 Å². The molecule has 0 aromatic carbocycles. The lowest BCUT2D eigenvalue weighted by molar-refractivity contribution is -0.386. The standard InChI is InChI=1S/C18H20Cl2FN7O4/c1-10-13(28(29)30)16(25-27(10)12-4-7-31-9-18(12,2)21)32-6-3-5-26-15-11(14(19)24-26)8-22-17(20)23-15/h8,12H,3-7,9H2,1-2H3. The number of ether oxygens (including phenoxy) is 2. The van der Waals surface area contributed by atoms with Crippen LogP contribution in [-0.2, 0) is 11.3 Å². The lowest BCUT2D eigenvalue weighted by Crippen LogP contribution is -2.42. The van der Waals surface area contributed by atoms with Crippen molar-refractivity contribution in [3.8, 4) is 5.88 Å². The van der Waals surface area contributed by atoms with E-state index in [-0.39, 0.29) is 40.9 Å². The maximum absolute atomic E-state index is 15.0. The van der Waals surface area contributed by atoms with Crippen LogP contribution < -0.4 is 4.74 Å². The number of halogens is 3. The molecule has 0 bridgehead atoms. The van der Waals surface area contributed by atoms with Crippen LogP contribution >= 0.6 is 23.2 Å². The second kappa shape index (κ2) is 8.75. The van der Waals surface area contributed by atoms with Crippen LogP contribution in [0.15, 0.2) is 6.20 Å². The minimum Gasteiger partial charge on any atom is -0.472 e. The van der Waals surface area contributed by atoms with Gasteiger partial charge in [0.1, 0.15) is 5.69 Å². The van der Waals surface area contributed by atoms with Gasteiger partial charge in [-0.3, -0.25) is 14.8 Å². The van der Waals surface area contributed by atoms with Crippen molar-refractivity contribution < 1.29 is 18.8 Å². The Kier molecular flexibility index (Phi) is 6.19. The van der Waals surface area contributed by atoms with Crippen LogP contribution in [0.3, 0.4) is 0 Å². The second-order valence-electron chi connectivity index (χ2n) is 7.67. The monoisotopic (exact) mass is 487 g/mol. The molecule has 0 radical (unpaired) electrons. The Labute approximate surface area is 191 Å². The molecule has 1 aliphatic heterocycles. The van der Waals surface area contributed by atoms with Gasteiger partial charge in [0.15, 0.2) is 16.5 Å². The summed E-state index contributed by atoms with van der Waals surface area (Å²) in [4.78, 5) is 19.1. The van der Waals surface area contributed by atoms with Crippen molar-refractivity contribution in [2.75, 3.05) is 19.8 Å². The summed E-state index contributed by atoms with van der Waals surface area (Å²) in [5.41, 5.74) is -1.27. The number of fused-ring (bicyclic) bond motifs is 1. The zero-order chi connectivity index (χ0) is 23.0. The predicted octanol–water partition coefficient (Wildman–Crippen LogP) is 3.70. The normalized spacial score (nSPS) is 21.2. The van der Waals surface area contributed by atoms with Crippen LogP contribution in [0, 0.1) is 17.0 Å². The van der Waals surface area contributed by atoms with Crippen molar-refractivity contribution in [3.05, 3.63) is 32.4 Å². The molecule has 4 heterocycles.